The van der Waals surface area contributed by atoms with E-state index in [2.05, 4.69) is 10.5 Å². The average Bonchev–Trinajstić information content (AvgIpc) is 2.60. The number of rotatable bonds is 3. The number of oxime groups is 1. The van der Waals surface area contributed by atoms with E-state index in [1.54, 1.807) is 0 Å². The standard InChI is InChI=1S/C8H15N3O3/c1-5-2-3-14-7(5)8(12)10-4-6(9)11-13/h5,7,13H,2-4H2,1H3,(H2,9,11)(H,10,12). The van der Waals surface area contributed by atoms with Crippen LogP contribution in [0.4, 0.5) is 0 Å². The predicted molar refractivity (Wildman–Crippen MR) is 49.9 cm³/mol. The summed E-state index contributed by atoms with van der Waals surface area (Å²) in [6, 6.07) is 0. The second kappa shape index (κ2) is 4.80. The topological polar surface area (TPSA) is 96.9 Å². The van der Waals surface area contributed by atoms with Crippen molar-refractivity contribution in [2.75, 3.05) is 13.2 Å². The number of carbonyl (C=O) groups excluding carboxylic acids is 1. The van der Waals surface area contributed by atoms with Gasteiger partial charge in [-0.05, 0) is 12.3 Å². The lowest BCUT2D eigenvalue weighted by Gasteiger charge is -2.13. The molecule has 0 radical (unpaired) electrons. The van der Waals surface area contributed by atoms with Gasteiger partial charge in [0.15, 0.2) is 5.84 Å². The van der Waals surface area contributed by atoms with Gasteiger partial charge in [-0.25, -0.2) is 0 Å². The molecule has 0 bridgehead atoms. The number of hydrogen-bond donors (Lipinski definition) is 3. The molecular formula is C8H15N3O3. The van der Waals surface area contributed by atoms with Crippen LogP contribution in [0.25, 0.3) is 0 Å². The maximum Gasteiger partial charge on any atom is 0.249 e. The number of hydrogen-bond acceptors (Lipinski definition) is 4. The van der Waals surface area contributed by atoms with Crippen LogP contribution in [-0.4, -0.2) is 36.2 Å². The van der Waals surface area contributed by atoms with Gasteiger partial charge in [-0.1, -0.05) is 12.1 Å². The molecule has 2 unspecified atom stereocenters. The molecule has 1 amide bonds. The predicted octanol–water partition coefficient (Wildman–Crippen LogP) is -0.726. The molecule has 0 aromatic rings. The zero-order valence-electron chi connectivity index (χ0n) is 8.06. The van der Waals surface area contributed by atoms with Gasteiger partial charge in [0.2, 0.25) is 5.91 Å². The summed E-state index contributed by atoms with van der Waals surface area (Å²) in [5.41, 5.74) is 5.20. The Labute approximate surface area is 82.1 Å². The van der Waals surface area contributed by atoms with Crippen LogP contribution in [0.3, 0.4) is 0 Å². The van der Waals surface area contributed by atoms with E-state index in [0.29, 0.717) is 6.61 Å². The van der Waals surface area contributed by atoms with E-state index < -0.39 is 6.10 Å². The second-order valence-electron chi connectivity index (χ2n) is 3.37. The first kappa shape index (κ1) is 10.8. The maximum atomic E-state index is 11.4. The van der Waals surface area contributed by atoms with Gasteiger partial charge in [-0.2, -0.15) is 0 Å². The molecule has 4 N–H and O–H groups in total. The van der Waals surface area contributed by atoms with E-state index in [0.717, 1.165) is 6.42 Å². The number of ether oxygens (including phenoxy) is 1. The molecule has 1 rings (SSSR count). The highest BCUT2D eigenvalue weighted by atomic mass is 16.5. The van der Waals surface area contributed by atoms with Crippen LogP contribution in [0.1, 0.15) is 13.3 Å². The van der Waals surface area contributed by atoms with E-state index in [4.69, 9.17) is 15.7 Å². The molecule has 80 valence electrons. The first-order chi connectivity index (χ1) is 6.65. The van der Waals surface area contributed by atoms with Crippen LogP contribution in [-0.2, 0) is 9.53 Å². The third-order valence-electron chi connectivity index (χ3n) is 2.22. The molecule has 2 atom stereocenters. The molecule has 14 heavy (non-hydrogen) atoms. The number of amides is 1. The fourth-order valence-electron chi connectivity index (χ4n) is 1.34. The lowest BCUT2D eigenvalue weighted by molar-refractivity contribution is -0.131. The smallest absolute Gasteiger partial charge is 0.249 e. The van der Waals surface area contributed by atoms with Crippen molar-refractivity contribution in [1.29, 1.82) is 0 Å². The fraction of sp³-hybridized carbons (Fsp3) is 0.750. The van der Waals surface area contributed by atoms with Gasteiger partial charge in [0.1, 0.15) is 6.10 Å². The quantitative estimate of drug-likeness (QED) is 0.243. The zero-order valence-corrected chi connectivity index (χ0v) is 8.06. The summed E-state index contributed by atoms with van der Waals surface area (Å²) in [4.78, 5) is 11.4. The lowest BCUT2D eigenvalue weighted by Crippen LogP contribution is -2.41. The summed E-state index contributed by atoms with van der Waals surface area (Å²) >= 11 is 0. The number of nitrogens with two attached hydrogens (primary N) is 1. The molecule has 1 aliphatic heterocycles. The number of nitrogens with zero attached hydrogens (tertiary/aromatic N) is 1. The van der Waals surface area contributed by atoms with Crippen molar-refractivity contribution in [2.45, 2.75) is 19.4 Å². The molecule has 1 saturated heterocycles. The summed E-state index contributed by atoms with van der Waals surface area (Å²) in [6.45, 7) is 2.62. The minimum atomic E-state index is -0.401. The Morgan fingerprint density at radius 2 is 2.50 bits per heavy atom. The fourth-order valence-corrected chi connectivity index (χ4v) is 1.34. The molecule has 0 aromatic carbocycles. The summed E-state index contributed by atoms with van der Waals surface area (Å²) in [5, 5.41) is 13.5. The molecule has 6 nitrogen and oxygen atoms in total. The Kier molecular flexibility index (Phi) is 3.70. The van der Waals surface area contributed by atoms with Crippen molar-refractivity contribution < 1.29 is 14.7 Å². The van der Waals surface area contributed by atoms with Gasteiger partial charge in [0, 0.05) is 6.61 Å². The molecule has 0 aromatic heterocycles. The highest BCUT2D eigenvalue weighted by Gasteiger charge is 2.30. The van der Waals surface area contributed by atoms with Crippen molar-refractivity contribution in [2.24, 2.45) is 16.8 Å². The Hall–Kier alpha value is -1.30. The van der Waals surface area contributed by atoms with Crippen LogP contribution in [0.5, 0.6) is 0 Å². The van der Waals surface area contributed by atoms with Crippen LogP contribution < -0.4 is 11.1 Å². The maximum absolute atomic E-state index is 11.4. The summed E-state index contributed by atoms with van der Waals surface area (Å²) in [5.74, 6) is -0.00658. The van der Waals surface area contributed by atoms with Crippen molar-refractivity contribution in [1.82, 2.24) is 5.32 Å². The second-order valence-corrected chi connectivity index (χ2v) is 3.37. The number of nitrogens with one attached hydrogen (secondary N) is 1. The summed E-state index contributed by atoms with van der Waals surface area (Å²) < 4.78 is 5.24. The molecule has 0 spiro atoms. The first-order valence-electron chi connectivity index (χ1n) is 4.51. The molecular weight excluding hydrogens is 186 g/mol. The van der Waals surface area contributed by atoms with E-state index in [1.165, 1.54) is 0 Å². The van der Waals surface area contributed by atoms with Crippen molar-refractivity contribution in [3.8, 4) is 0 Å². The Bertz CT molecular complexity index is 242. The van der Waals surface area contributed by atoms with Crippen LogP contribution in [0, 0.1) is 5.92 Å². The molecule has 1 fully saturated rings. The van der Waals surface area contributed by atoms with Crippen LogP contribution in [0.2, 0.25) is 0 Å². The van der Waals surface area contributed by atoms with Crippen LogP contribution in [0.15, 0.2) is 5.16 Å². The zero-order chi connectivity index (χ0) is 10.6. The van der Waals surface area contributed by atoms with E-state index in [-0.39, 0.29) is 24.2 Å². The summed E-state index contributed by atoms with van der Waals surface area (Å²) in [6.07, 6.45) is 0.489. The van der Waals surface area contributed by atoms with E-state index >= 15 is 0 Å². The largest absolute Gasteiger partial charge is 0.409 e. The Morgan fingerprint density at radius 1 is 1.79 bits per heavy atom. The molecule has 1 aliphatic rings. The van der Waals surface area contributed by atoms with Gasteiger partial charge in [-0.3, -0.25) is 4.79 Å². The number of amidine groups is 1. The Morgan fingerprint density at radius 3 is 3.00 bits per heavy atom. The van der Waals surface area contributed by atoms with Crippen molar-refractivity contribution in [3.05, 3.63) is 0 Å². The third-order valence-corrected chi connectivity index (χ3v) is 2.22. The van der Waals surface area contributed by atoms with Gasteiger partial charge >= 0.3 is 0 Å². The SMILES string of the molecule is CC1CCOC1C(=O)NCC(N)=NO. The lowest BCUT2D eigenvalue weighted by atomic mass is 10.0. The monoisotopic (exact) mass is 201 g/mol. The number of carbonyl (C=O) groups is 1. The molecule has 6 heteroatoms. The third kappa shape index (κ3) is 2.59. The van der Waals surface area contributed by atoms with E-state index in [1.807, 2.05) is 6.92 Å². The normalized spacial score (nSPS) is 27.6. The highest BCUT2D eigenvalue weighted by molar-refractivity contribution is 5.88. The van der Waals surface area contributed by atoms with Crippen LogP contribution >= 0.6 is 0 Å². The molecule has 1 heterocycles. The van der Waals surface area contributed by atoms with Gasteiger partial charge < -0.3 is 21.0 Å². The summed E-state index contributed by atoms with van der Waals surface area (Å²) in [7, 11) is 0. The van der Waals surface area contributed by atoms with Gasteiger partial charge in [-0.15, -0.1) is 0 Å². The van der Waals surface area contributed by atoms with Crippen molar-refractivity contribution >= 4 is 11.7 Å². The van der Waals surface area contributed by atoms with Crippen molar-refractivity contribution in [3.63, 3.8) is 0 Å². The molecule has 0 saturated carbocycles. The van der Waals surface area contributed by atoms with E-state index in [9.17, 15) is 4.79 Å². The Balaban J connectivity index is 2.35. The minimum absolute atomic E-state index is 0.0241. The van der Waals surface area contributed by atoms with Gasteiger partial charge in [0.05, 0.1) is 6.54 Å². The minimum Gasteiger partial charge on any atom is -0.409 e. The average molecular weight is 201 g/mol. The van der Waals surface area contributed by atoms with Gasteiger partial charge in [0.25, 0.3) is 0 Å². The highest BCUT2D eigenvalue weighted by Crippen LogP contribution is 2.19. The first-order valence-corrected chi connectivity index (χ1v) is 4.51. The molecule has 0 aliphatic carbocycles.